The Kier molecular flexibility index (Phi) is 18.6. The van der Waals surface area contributed by atoms with Crippen LogP contribution in [0.3, 0.4) is 0 Å². The van der Waals surface area contributed by atoms with E-state index in [1.807, 2.05) is 64.8 Å². The Hall–Kier alpha value is -6.22. The molecule has 2 saturated carbocycles. The highest BCUT2D eigenvalue weighted by Gasteiger charge is 2.74. The summed E-state index contributed by atoms with van der Waals surface area (Å²) in [5.41, 5.74) is 1.54. The van der Waals surface area contributed by atoms with Gasteiger partial charge in [-0.3, -0.25) is 34.0 Å². The van der Waals surface area contributed by atoms with Crippen molar-refractivity contribution in [1.29, 1.82) is 0 Å². The molecule has 8 aliphatic rings. The second-order valence-corrected chi connectivity index (χ2v) is 27.4. The number of nitrogens with zero attached hydrogens (tertiary/aromatic N) is 9. The van der Waals surface area contributed by atoms with Gasteiger partial charge in [0, 0.05) is 127 Å². The van der Waals surface area contributed by atoms with Crippen LogP contribution in [0.4, 0.5) is 15.0 Å². The van der Waals surface area contributed by atoms with Crippen molar-refractivity contribution < 1.29 is 42.8 Å². The number of hydrogen-bond donors (Lipinski definition) is 3. The fourth-order valence-electron chi connectivity index (χ4n) is 14.7. The second-order valence-electron chi connectivity index (χ2n) is 27.0. The largest absolute Gasteiger partial charge is 0.508 e. The highest BCUT2D eigenvalue weighted by molar-refractivity contribution is 6.30. The number of aromatic nitrogens is 3. The average Bonchev–Trinajstić information content (AvgIpc) is 1.86. The number of fused-ring (bicyclic) bond motifs is 1. The van der Waals surface area contributed by atoms with Crippen molar-refractivity contribution in [3.63, 3.8) is 0 Å². The number of piperazine rings is 1. The van der Waals surface area contributed by atoms with Gasteiger partial charge in [-0.1, -0.05) is 49.1 Å². The third-order valence-corrected chi connectivity index (χ3v) is 20.2. The van der Waals surface area contributed by atoms with E-state index in [2.05, 4.69) is 52.1 Å². The summed E-state index contributed by atoms with van der Waals surface area (Å²) in [5, 5.41) is 4.70. The van der Waals surface area contributed by atoms with E-state index in [4.69, 9.17) is 21.1 Å². The summed E-state index contributed by atoms with van der Waals surface area (Å²) in [6.07, 6.45) is 16.9. The molecule has 3 N–H and O–H groups in total. The lowest BCUT2D eigenvalue weighted by atomic mass is 9.83. The lowest BCUT2D eigenvalue weighted by Crippen LogP contribution is -2.74. The van der Waals surface area contributed by atoms with Crippen molar-refractivity contribution in [2.75, 3.05) is 96.5 Å². The molecule has 6 saturated heterocycles. The molecule has 5 amide bonds. The molecule has 19 nitrogen and oxygen atoms in total. The van der Waals surface area contributed by atoms with Crippen LogP contribution < -0.4 is 15.2 Å². The van der Waals surface area contributed by atoms with Crippen LogP contribution in [0.25, 0.3) is 11.0 Å². The van der Waals surface area contributed by atoms with Gasteiger partial charge in [0.15, 0.2) is 0 Å². The Bertz CT molecular complexity index is 3130. The maximum absolute atomic E-state index is 15.5. The van der Waals surface area contributed by atoms with Crippen LogP contribution >= 0.6 is 11.6 Å². The summed E-state index contributed by atoms with van der Waals surface area (Å²) < 4.78 is 28.2. The van der Waals surface area contributed by atoms with Gasteiger partial charge in [0.1, 0.15) is 41.3 Å². The number of anilines is 1. The molecule has 468 valence electrons. The lowest BCUT2D eigenvalue weighted by molar-refractivity contribution is -0.511. The first-order valence-corrected chi connectivity index (χ1v) is 32.9. The van der Waals surface area contributed by atoms with Gasteiger partial charge in [-0.05, 0) is 132 Å². The molecule has 0 radical (unpaired) electrons. The molecule has 87 heavy (non-hydrogen) atoms. The quantitative estimate of drug-likeness (QED) is 0.0969. The van der Waals surface area contributed by atoms with Crippen molar-refractivity contribution in [3.8, 4) is 0 Å². The summed E-state index contributed by atoms with van der Waals surface area (Å²) in [4.78, 5) is 99.9. The van der Waals surface area contributed by atoms with Crippen molar-refractivity contribution >= 4 is 64.0 Å². The highest BCUT2D eigenvalue weighted by Crippen LogP contribution is 2.45. The SMILES string of the molecule is CC(C)(C)OC(=O)N1C(=[NH+][C@@H](CCN2CCN(C(=O)CN3CCC(OC4CCN(C(=O)[C@H](NC(=O)c5cc(C6CCCN(C(=O)C7CC7)C6)ccc5F)C5CCCCC5)CC4)CC3)CC2)c2ccc(Cl)cc2)C12CCN(c1ncnc3[nH]ccc13)CC2. The number of piperidine rings is 4. The number of benzene rings is 2. The molecule has 2 aliphatic carbocycles. The molecule has 8 fully saturated rings. The van der Waals surface area contributed by atoms with Crippen molar-refractivity contribution in [2.24, 2.45) is 11.8 Å². The number of carbonyl (C=O) groups is 5. The number of hydrogen-bond acceptors (Lipinski definition) is 12. The minimum absolute atomic E-state index is 0.0158. The van der Waals surface area contributed by atoms with Crippen LogP contribution in [0.1, 0.15) is 157 Å². The van der Waals surface area contributed by atoms with Crippen molar-refractivity contribution in [1.82, 2.24) is 49.7 Å². The zero-order chi connectivity index (χ0) is 60.4. The molecule has 1 spiro atoms. The Labute approximate surface area is 516 Å². The molecular formula is C66H89ClFN12O7+. The minimum atomic E-state index is -0.733. The van der Waals surface area contributed by atoms with E-state index in [0.717, 1.165) is 150 Å². The van der Waals surface area contributed by atoms with Crippen LogP contribution in [-0.2, 0) is 23.9 Å². The van der Waals surface area contributed by atoms with E-state index in [1.165, 1.54) is 6.07 Å². The van der Waals surface area contributed by atoms with E-state index in [-0.39, 0.29) is 65.4 Å². The number of aromatic amines is 1. The molecular weight excluding hydrogens is 1130 g/mol. The molecule has 2 aromatic carbocycles. The normalized spacial score (nSPS) is 23.3. The van der Waals surface area contributed by atoms with Gasteiger partial charge in [-0.25, -0.2) is 14.4 Å². The van der Waals surface area contributed by atoms with Gasteiger partial charge in [0.05, 0.1) is 29.7 Å². The number of nitrogens with one attached hydrogen (secondary N) is 3. The highest BCUT2D eigenvalue weighted by atomic mass is 35.5. The van der Waals surface area contributed by atoms with Crippen LogP contribution in [-0.4, -0.2) is 201 Å². The van der Waals surface area contributed by atoms with Crippen molar-refractivity contribution in [3.05, 3.63) is 88.6 Å². The third kappa shape index (κ3) is 14.3. The Morgan fingerprint density at radius 3 is 2.18 bits per heavy atom. The summed E-state index contributed by atoms with van der Waals surface area (Å²) in [7, 11) is 0. The van der Waals surface area contributed by atoms with Crippen molar-refractivity contribution in [2.45, 2.75) is 165 Å². The standard InChI is InChI=1S/C66H88ClFN12O7/c1-65(2,3)87-64(85)80-63(66(80)25-34-77(35-26-66)59-52-19-27-69-58(52)70-43-71-59)72-55(44-13-16-49(67)17-14-44)24-31-74-36-38-76(39-37-74)56(81)42-75-29-20-50(21-30-75)86-51-22-32-78(33-23-51)62(84)57(45-8-5-4-6-9-45)73-60(82)53-40-47(15-18-54(53)68)48-10-7-28-79(41-48)61(83)46-11-12-46/h13-19,27,40,43,45-46,48,50-51,55,57H,4-12,20-26,28-39,41-42H2,1-3H3,(H,73,82)(H,69,70,71)/p+1/t48?,55-,57+,80?/m0/s1. The maximum atomic E-state index is 15.5. The Morgan fingerprint density at radius 1 is 0.770 bits per heavy atom. The monoisotopic (exact) mass is 1220 g/mol. The van der Waals surface area contributed by atoms with E-state index >= 15 is 4.39 Å². The zero-order valence-corrected chi connectivity index (χ0v) is 51.9. The molecule has 1 unspecified atom stereocenters. The van der Waals surface area contributed by atoms with Gasteiger partial charge < -0.3 is 39.4 Å². The minimum Gasteiger partial charge on any atom is -0.425 e. The number of halogens is 2. The molecule has 6 aliphatic heterocycles. The predicted octanol–water partition coefficient (Wildman–Crippen LogP) is 7.06. The van der Waals surface area contributed by atoms with Crippen LogP contribution in [0.2, 0.25) is 5.02 Å². The smallest absolute Gasteiger partial charge is 0.425 e. The van der Waals surface area contributed by atoms with Gasteiger partial charge in [0.25, 0.3) is 5.91 Å². The first-order valence-electron chi connectivity index (χ1n) is 32.6. The molecule has 4 aromatic rings. The van der Waals surface area contributed by atoms with E-state index < -0.39 is 28.9 Å². The van der Waals surface area contributed by atoms with Gasteiger partial charge in [-0.15, -0.1) is 4.90 Å². The molecule has 21 heteroatoms. The molecule has 12 rings (SSSR count). The molecule has 3 atom stereocenters. The zero-order valence-electron chi connectivity index (χ0n) is 51.2. The summed E-state index contributed by atoms with van der Waals surface area (Å²) in [6.45, 7) is 15.1. The second kappa shape index (κ2) is 26.5. The topological polar surface area (TPSA) is 194 Å². The number of amidine groups is 1. The van der Waals surface area contributed by atoms with Gasteiger partial charge in [-0.2, -0.15) is 4.79 Å². The first kappa shape index (κ1) is 61.0. The van der Waals surface area contributed by atoms with Crippen LogP contribution in [0.15, 0.2) is 61.1 Å². The van der Waals surface area contributed by atoms with Crippen LogP contribution in [0, 0.1) is 17.7 Å². The number of likely N-dealkylation sites (tertiary alicyclic amines) is 3. The average molecular weight is 1220 g/mol. The molecule has 2 aromatic heterocycles. The lowest BCUT2D eigenvalue weighted by Gasteiger charge is -2.40. The number of ether oxygens (including phenoxy) is 2. The van der Waals surface area contributed by atoms with E-state index in [0.29, 0.717) is 83.1 Å². The Morgan fingerprint density at radius 2 is 1.48 bits per heavy atom. The number of H-pyrrole nitrogens is 1. The number of amides is 5. The number of carbonyl (C=O) groups excluding carboxylic acids is 5. The fourth-order valence-corrected chi connectivity index (χ4v) is 14.8. The predicted molar refractivity (Wildman–Crippen MR) is 330 cm³/mol. The van der Waals surface area contributed by atoms with Crippen LogP contribution in [0.5, 0.6) is 0 Å². The number of rotatable bonds is 16. The fraction of sp³-hybridized carbons (Fsp3) is 0.636. The maximum Gasteiger partial charge on any atom is 0.508 e. The first-order chi connectivity index (χ1) is 42.1. The third-order valence-electron chi connectivity index (χ3n) is 20.0. The Balaban J connectivity index is 0.594. The van der Waals surface area contributed by atoms with Gasteiger partial charge >= 0.3 is 11.9 Å². The summed E-state index contributed by atoms with van der Waals surface area (Å²) in [6, 6.07) is 13.9. The van der Waals surface area contributed by atoms with Gasteiger partial charge in [0.2, 0.25) is 23.3 Å². The van der Waals surface area contributed by atoms with E-state index in [1.54, 1.807) is 18.5 Å². The molecule has 8 heterocycles. The molecule has 0 bridgehead atoms. The summed E-state index contributed by atoms with van der Waals surface area (Å²) in [5.74, 6) is 1.05. The summed E-state index contributed by atoms with van der Waals surface area (Å²) >= 11 is 6.41. The van der Waals surface area contributed by atoms with E-state index in [9.17, 15) is 24.0 Å².